The average Bonchev–Trinajstić information content (AvgIpc) is 2.81. The van der Waals surface area contributed by atoms with Crippen molar-refractivity contribution in [3.63, 3.8) is 0 Å². The second-order valence-electron chi connectivity index (χ2n) is 4.25. The molecule has 92 valence electrons. The molecule has 0 spiro atoms. The number of hydrogen-bond acceptors (Lipinski definition) is 2. The maximum Gasteiger partial charge on any atom is 0.161 e. The molecule has 0 radical (unpaired) electrons. The molecular weight excluding hydrogens is 319 g/mol. The third kappa shape index (κ3) is 2.04. The van der Waals surface area contributed by atoms with Crippen LogP contribution in [0.5, 0.6) is 0 Å². The van der Waals surface area contributed by atoms with E-state index in [-0.39, 0.29) is 5.82 Å². The van der Waals surface area contributed by atoms with E-state index in [0.717, 1.165) is 36.1 Å². The van der Waals surface area contributed by atoms with Crippen molar-refractivity contribution in [2.45, 2.75) is 19.3 Å². The minimum absolute atomic E-state index is 0.300. The predicted molar refractivity (Wildman–Crippen MR) is 72.2 cm³/mol. The van der Waals surface area contributed by atoms with Crippen molar-refractivity contribution in [1.82, 2.24) is 9.97 Å². The summed E-state index contributed by atoms with van der Waals surface area (Å²) in [6.07, 6.45) is 2.95. The molecule has 0 atom stereocenters. The van der Waals surface area contributed by atoms with E-state index in [1.54, 1.807) is 12.1 Å². The van der Waals surface area contributed by atoms with Crippen LogP contribution in [0, 0.1) is 5.82 Å². The third-order valence-electron chi connectivity index (χ3n) is 3.06. The Morgan fingerprint density at radius 3 is 2.83 bits per heavy atom. The molecule has 5 heteroatoms. The quantitative estimate of drug-likeness (QED) is 0.734. The van der Waals surface area contributed by atoms with Gasteiger partial charge in [0.15, 0.2) is 5.82 Å². The van der Waals surface area contributed by atoms with Crippen molar-refractivity contribution in [3.8, 4) is 11.4 Å². The Bertz CT molecular complexity index is 631. The highest BCUT2D eigenvalue weighted by Gasteiger charge is 2.19. The first-order valence-electron chi connectivity index (χ1n) is 5.66. The lowest BCUT2D eigenvalue weighted by molar-refractivity contribution is 0.621. The zero-order chi connectivity index (χ0) is 12.7. The number of aromatic nitrogens is 2. The Morgan fingerprint density at radius 2 is 2.06 bits per heavy atom. The van der Waals surface area contributed by atoms with Crippen molar-refractivity contribution >= 4 is 27.5 Å². The van der Waals surface area contributed by atoms with Crippen LogP contribution in [0.15, 0.2) is 22.7 Å². The van der Waals surface area contributed by atoms with Gasteiger partial charge in [-0.3, -0.25) is 0 Å². The zero-order valence-corrected chi connectivity index (χ0v) is 11.7. The molecule has 1 aromatic carbocycles. The predicted octanol–water partition coefficient (Wildman–Crippen LogP) is 4.19. The molecule has 1 aliphatic rings. The smallest absolute Gasteiger partial charge is 0.161 e. The molecule has 1 aliphatic carbocycles. The summed E-state index contributed by atoms with van der Waals surface area (Å²) < 4.78 is 13.6. The molecule has 0 aliphatic heterocycles. The van der Waals surface area contributed by atoms with E-state index in [1.165, 1.54) is 6.07 Å². The van der Waals surface area contributed by atoms with E-state index >= 15 is 0 Å². The van der Waals surface area contributed by atoms with Crippen LogP contribution in [0.3, 0.4) is 0 Å². The van der Waals surface area contributed by atoms with E-state index in [0.29, 0.717) is 15.5 Å². The summed E-state index contributed by atoms with van der Waals surface area (Å²) >= 11 is 9.32. The molecule has 1 heterocycles. The maximum atomic E-state index is 13.2. The van der Waals surface area contributed by atoms with Gasteiger partial charge in [0.2, 0.25) is 0 Å². The van der Waals surface area contributed by atoms with Gasteiger partial charge in [0.05, 0.1) is 4.47 Å². The van der Waals surface area contributed by atoms with Gasteiger partial charge in [0.1, 0.15) is 11.0 Å². The van der Waals surface area contributed by atoms with Crippen LogP contribution in [0.1, 0.15) is 17.7 Å². The van der Waals surface area contributed by atoms with Gasteiger partial charge in [0.25, 0.3) is 0 Å². The summed E-state index contributed by atoms with van der Waals surface area (Å²) in [6, 6.07) is 4.72. The molecule has 18 heavy (non-hydrogen) atoms. The topological polar surface area (TPSA) is 25.8 Å². The Kier molecular flexibility index (Phi) is 3.08. The molecule has 1 aromatic heterocycles. The Morgan fingerprint density at radius 1 is 1.22 bits per heavy atom. The lowest BCUT2D eigenvalue weighted by Gasteiger charge is -2.06. The highest BCUT2D eigenvalue weighted by atomic mass is 79.9. The summed E-state index contributed by atoms with van der Waals surface area (Å²) in [5, 5.41) is 0.521. The van der Waals surface area contributed by atoms with Gasteiger partial charge in [-0.1, -0.05) is 11.6 Å². The SMILES string of the molecule is Fc1ccc(-c2nc(Cl)c3c(n2)CCC3)cc1Br. The number of nitrogens with zero attached hydrogens (tertiary/aromatic N) is 2. The number of aryl methyl sites for hydroxylation is 1. The van der Waals surface area contributed by atoms with Gasteiger partial charge in [-0.15, -0.1) is 0 Å². The molecule has 0 saturated heterocycles. The molecule has 0 saturated carbocycles. The van der Waals surface area contributed by atoms with E-state index < -0.39 is 0 Å². The van der Waals surface area contributed by atoms with Gasteiger partial charge in [-0.25, -0.2) is 14.4 Å². The van der Waals surface area contributed by atoms with E-state index in [9.17, 15) is 4.39 Å². The largest absolute Gasteiger partial charge is 0.233 e. The van der Waals surface area contributed by atoms with Crippen LogP contribution in [0.4, 0.5) is 4.39 Å². The molecule has 0 fully saturated rings. The molecule has 2 nitrogen and oxygen atoms in total. The molecular formula is C13H9BrClFN2. The molecule has 2 aromatic rings. The van der Waals surface area contributed by atoms with Crippen molar-refractivity contribution in [1.29, 1.82) is 0 Å². The number of fused-ring (bicyclic) bond motifs is 1. The Balaban J connectivity index is 2.12. The molecule has 0 unspecified atom stereocenters. The van der Waals surface area contributed by atoms with Gasteiger partial charge in [-0.2, -0.15) is 0 Å². The van der Waals surface area contributed by atoms with Crippen molar-refractivity contribution in [2.24, 2.45) is 0 Å². The standard InChI is InChI=1S/C13H9BrClFN2/c14-9-6-7(4-5-10(9)16)13-17-11-3-1-2-8(11)12(15)18-13/h4-6H,1-3H2. The van der Waals surface area contributed by atoms with Gasteiger partial charge in [0, 0.05) is 16.8 Å². The number of benzene rings is 1. The van der Waals surface area contributed by atoms with E-state index in [2.05, 4.69) is 25.9 Å². The first kappa shape index (κ1) is 12.1. The molecule has 0 N–H and O–H groups in total. The van der Waals surface area contributed by atoms with Crippen molar-refractivity contribution in [2.75, 3.05) is 0 Å². The number of hydrogen-bond donors (Lipinski definition) is 0. The van der Waals surface area contributed by atoms with Gasteiger partial charge >= 0.3 is 0 Å². The Labute approximate surface area is 117 Å². The van der Waals surface area contributed by atoms with Crippen LogP contribution < -0.4 is 0 Å². The minimum atomic E-state index is -0.300. The van der Waals surface area contributed by atoms with E-state index in [1.807, 2.05) is 0 Å². The second kappa shape index (κ2) is 4.59. The summed E-state index contributed by atoms with van der Waals surface area (Å²) in [7, 11) is 0. The second-order valence-corrected chi connectivity index (χ2v) is 5.46. The van der Waals surface area contributed by atoms with Gasteiger partial charge < -0.3 is 0 Å². The zero-order valence-electron chi connectivity index (χ0n) is 9.38. The van der Waals surface area contributed by atoms with Crippen LogP contribution >= 0.6 is 27.5 Å². The molecule has 0 amide bonds. The number of rotatable bonds is 1. The Hall–Kier alpha value is -1.00. The molecule has 3 rings (SSSR count). The normalized spacial score (nSPS) is 13.7. The summed E-state index contributed by atoms with van der Waals surface area (Å²) in [4.78, 5) is 8.81. The average molecular weight is 328 g/mol. The van der Waals surface area contributed by atoms with E-state index in [4.69, 9.17) is 11.6 Å². The first-order chi connectivity index (χ1) is 8.65. The summed E-state index contributed by atoms with van der Waals surface area (Å²) in [5.41, 5.74) is 2.84. The van der Waals surface area contributed by atoms with Gasteiger partial charge in [-0.05, 0) is 53.4 Å². The minimum Gasteiger partial charge on any atom is -0.233 e. The highest BCUT2D eigenvalue weighted by Crippen LogP contribution is 2.30. The lowest BCUT2D eigenvalue weighted by atomic mass is 10.2. The summed E-state index contributed by atoms with van der Waals surface area (Å²) in [5.74, 6) is 0.257. The first-order valence-corrected chi connectivity index (χ1v) is 6.83. The van der Waals surface area contributed by atoms with Crippen molar-refractivity contribution < 1.29 is 4.39 Å². The van der Waals surface area contributed by atoms with Crippen LogP contribution in [0.25, 0.3) is 11.4 Å². The lowest BCUT2D eigenvalue weighted by Crippen LogP contribution is -1.97. The van der Waals surface area contributed by atoms with Crippen molar-refractivity contribution in [3.05, 3.63) is 44.9 Å². The van der Waals surface area contributed by atoms with Crippen LogP contribution in [0.2, 0.25) is 5.15 Å². The fourth-order valence-corrected chi connectivity index (χ4v) is 2.81. The molecule has 0 bridgehead atoms. The number of halogens is 3. The highest BCUT2D eigenvalue weighted by molar-refractivity contribution is 9.10. The summed E-state index contributed by atoms with van der Waals surface area (Å²) in [6.45, 7) is 0. The van der Waals surface area contributed by atoms with Crippen LogP contribution in [-0.2, 0) is 12.8 Å². The monoisotopic (exact) mass is 326 g/mol. The maximum absolute atomic E-state index is 13.2. The van der Waals surface area contributed by atoms with Crippen LogP contribution in [-0.4, -0.2) is 9.97 Å². The fraction of sp³-hybridized carbons (Fsp3) is 0.231. The third-order valence-corrected chi connectivity index (χ3v) is 3.98. The fourth-order valence-electron chi connectivity index (χ4n) is 2.15.